The van der Waals surface area contributed by atoms with Gasteiger partial charge in [0.05, 0.1) is 0 Å². The van der Waals surface area contributed by atoms with Crippen LogP contribution in [0.5, 0.6) is 0 Å². The Kier molecular flexibility index (Phi) is 4.75. The topological polar surface area (TPSA) is 42.7 Å². The van der Waals surface area contributed by atoms with Crippen molar-refractivity contribution in [3.05, 3.63) is 11.6 Å². The summed E-state index contributed by atoms with van der Waals surface area (Å²) < 4.78 is 2.00. The van der Waals surface area contributed by atoms with Crippen molar-refractivity contribution in [2.75, 3.05) is 7.05 Å². The zero-order valence-electron chi connectivity index (χ0n) is 10.2. The third-order valence-electron chi connectivity index (χ3n) is 2.79. The van der Waals surface area contributed by atoms with Crippen LogP contribution in [0.3, 0.4) is 0 Å². The molecular formula is C11H22N4. The van der Waals surface area contributed by atoms with E-state index in [0.717, 1.165) is 24.6 Å². The van der Waals surface area contributed by atoms with E-state index in [1.807, 2.05) is 25.6 Å². The van der Waals surface area contributed by atoms with E-state index in [1.54, 1.807) is 0 Å². The molecule has 4 nitrogen and oxygen atoms in total. The van der Waals surface area contributed by atoms with Gasteiger partial charge in [-0.1, -0.05) is 6.92 Å². The number of aromatic nitrogens is 3. The quantitative estimate of drug-likeness (QED) is 0.776. The Balaban J connectivity index is 2.34. The van der Waals surface area contributed by atoms with E-state index in [4.69, 9.17) is 0 Å². The van der Waals surface area contributed by atoms with Crippen molar-refractivity contribution in [3.8, 4) is 0 Å². The molecule has 86 valence electrons. The van der Waals surface area contributed by atoms with Gasteiger partial charge in [-0.25, -0.2) is 4.98 Å². The lowest BCUT2D eigenvalue weighted by molar-refractivity contribution is 0.452. The fraction of sp³-hybridized carbons (Fsp3) is 0.818. The zero-order valence-corrected chi connectivity index (χ0v) is 10.2. The predicted molar refractivity (Wildman–Crippen MR) is 61.9 cm³/mol. The van der Waals surface area contributed by atoms with Crippen LogP contribution in [0, 0.1) is 13.8 Å². The number of nitrogens with zero attached hydrogens (tertiary/aromatic N) is 3. The molecule has 0 saturated carbocycles. The average molecular weight is 210 g/mol. The van der Waals surface area contributed by atoms with E-state index in [0.29, 0.717) is 6.04 Å². The monoisotopic (exact) mass is 210 g/mol. The molecule has 1 aromatic rings. The second-order valence-corrected chi connectivity index (χ2v) is 3.97. The van der Waals surface area contributed by atoms with Gasteiger partial charge in [-0.3, -0.25) is 4.68 Å². The highest BCUT2D eigenvalue weighted by Gasteiger charge is 2.05. The highest BCUT2D eigenvalue weighted by atomic mass is 15.3. The standard InChI is InChI=1S/C11H22N4/c1-5-11(12-4)7-6-8-15-10(3)13-9(2)14-15/h11-12H,5-8H2,1-4H3. The molecular weight excluding hydrogens is 188 g/mol. The summed E-state index contributed by atoms with van der Waals surface area (Å²) >= 11 is 0. The molecule has 0 saturated heterocycles. The zero-order chi connectivity index (χ0) is 11.3. The summed E-state index contributed by atoms with van der Waals surface area (Å²) in [6.45, 7) is 7.14. The van der Waals surface area contributed by atoms with Gasteiger partial charge in [0.15, 0.2) is 0 Å². The van der Waals surface area contributed by atoms with Gasteiger partial charge in [0, 0.05) is 12.6 Å². The smallest absolute Gasteiger partial charge is 0.147 e. The number of nitrogens with one attached hydrogen (secondary N) is 1. The van der Waals surface area contributed by atoms with Gasteiger partial charge in [-0.2, -0.15) is 5.10 Å². The Labute approximate surface area is 92.1 Å². The van der Waals surface area contributed by atoms with Crippen molar-refractivity contribution in [3.63, 3.8) is 0 Å². The molecule has 15 heavy (non-hydrogen) atoms. The van der Waals surface area contributed by atoms with E-state index in [1.165, 1.54) is 12.8 Å². The van der Waals surface area contributed by atoms with Gasteiger partial charge in [0.1, 0.15) is 11.6 Å². The Morgan fingerprint density at radius 3 is 2.60 bits per heavy atom. The Morgan fingerprint density at radius 1 is 1.40 bits per heavy atom. The predicted octanol–water partition coefficient (Wildman–Crippen LogP) is 1.67. The Hall–Kier alpha value is -0.900. The second kappa shape index (κ2) is 5.85. The molecule has 0 bridgehead atoms. The number of aryl methyl sites for hydroxylation is 3. The maximum absolute atomic E-state index is 4.34. The molecule has 1 heterocycles. The highest BCUT2D eigenvalue weighted by Crippen LogP contribution is 2.04. The van der Waals surface area contributed by atoms with Crippen LogP contribution in [0.25, 0.3) is 0 Å². The minimum Gasteiger partial charge on any atom is -0.317 e. The third kappa shape index (κ3) is 3.63. The molecule has 1 atom stereocenters. The molecule has 0 aliphatic carbocycles. The first kappa shape index (κ1) is 12.2. The average Bonchev–Trinajstić information content (AvgIpc) is 2.52. The van der Waals surface area contributed by atoms with Gasteiger partial charge < -0.3 is 5.32 Å². The van der Waals surface area contributed by atoms with Crippen LogP contribution in [0.1, 0.15) is 37.8 Å². The molecule has 1 aromatic heterocycles. The molecule has 0 amide bonds. The summed E-state index contributed by atoms with van der Waals surface area (Å²) in [5.41, 5.74) is 0. The number of rotatable bonds is 6. The first-order chi connectivity index (χ1) is 7.17. The van der Waals surface area contributed by atoms with Crippen molar-refractivity contribution in [2.45, 2.75) is 52.6 Å². The van der Waals surface area contributed by atoms with E-state index in [9.17, 15) is 0 Å². The van der Waals surface area contributed by atoms with Gasteiger partial charge in [-0.05, 0) is 40.2 Å². The summed E-state index contributed by atoms with van der Waals surface area (Å²) in [6, 6.07) is 0.634. The molecule has 0 aromatic carbocycles. The molecule has 1 N–H and O–H groups in total. The maximum Gasteiger partial charge on any atom is 0.147 e. The Morgan fingerprint density at radius 2 is 2.13 bits per heavy atom. The van der Waals surface area contributed by atoms with E-state index >= 15 is 0 Å². The highest BCUT2D eigenvalue weighted by molar-refractivity contribution is 4.87. The summed E-state index contributed by atoms with van der Waals surface area (Å²) in [6.07, 6.45) is 3.54. The first-order valence-corrected chi connectivity index (χ1v) is 5.72. The normalized spacial score (nSPS) is 13.1. The molecule has 0 aliphatic heterocycles. The van der Waals surface area contributed by atoms with Crippen molar-refractivity contribution >= 4 is 0 Å². The van der Waals surface area contributed by atoms with Gasteiger partial charge in [0.25, 0.3) is 0 Å². The van der Waals surface area contributed by atoms with Gasteiger partial charge in [-0.15, -0.1) is 0 Å². The van der Waals surface area contributed by atoms with Crippen LogP contribution in [0.2, 0.25) is 0 Å². The van der Waals surface area contributed by atoms with E-state index < -0.39 is 0 Å². The van der Waals surface area contributed by atoms with Crippen LogP contribution < -0.4 is 5.32 Å². The minimum absolute atomic E-state index is 0.634. The minimum atomic E-state index is 0.634. The van der Waals surface area contributed by atoms with Crippen LogP contribution >= 0.6 is 0 Å². The van der Waals surface area contributed by atoms with Crippen molar-refractivity contribution in [2.24, 2.45) is 0 Å². The number of hydrogen-bond acceptors (Lipinski definition) is 3. The first-order valence-electron chi connectivity index (χ1n) is 5.72. The van der Waals surface area contributed by atoms with Crippen LogP contribution in [-0.2, 0) is 6.54 Å². The molecule has 4 heteroatoms. The largest absolute Gasteiger partial charge is 0.317 e. The van der Waals surface area contributed by atoms with Crippen molar-refractivity contribution in [1.82, 2.24) is 20.1 Å². The lowest BCUT2D eigenvalue weighted by Gasteiger charge is -2.13. The van der Waals surface area contributed by atoms with Gasteiger partial charge in [0.2, 0.25) is 0 Å². The molecule has 0 fully saturated rings. The van der Waals surface area contributed by atoms with Crippen LogP contribution in [0.4, 0.5) is 0 Å². The van der Waals surface area contributed by atoms with E-state index in [2.05, 4.69) is 22.3 Å². The fourth-order valence-corrected chi connectivity index (χ4v) is 1.81. The summed E-state index contributed by atoms with van der Waals surface area (Å²) in [5, 5.41) is 7.66. The summed E-state index contributed by atoms with van der Waals surface area (Å²) in [4.78, 5) is 4.29. The lowest BCUT2D eigenvalue weighted by Crippen LogP contribution is -2.24. The second-order valence-electron chi connectivity index (χ2n) is 3.97. The number of hydrogen-bond donors (Lipinski definition) is 1. The molecule has 1 unspecified atom stereocenters. The van der Waals surface area contributed by atoms with Gasteiger partial charge >= 0.3 is 0 Å². The molecule has 1 rings (SSSR count). The van der Waals surface area contributed by atoms with E-state index in [-0.39, 0.29) is 0 Å². The van der Waals surface area contributed by atoms with Crippen molar-refractivity contribution in [1.29, 1.82) is 0 Å². The lowest BCUT2D eigenvalue weighted by atomic mass is 10.1. The maximum atomic E-state index is 4.34. The molecule has 0 radical (unpaired) electrons. The SMILES string of the molecule is CCC(CCCn1nc(C)nc1C)NC. The van der Waals surface area contributed by atoms with Crippen LogP contribution in [-0.4, -0.2) is 27.9 Å². The molecule has 0 spiro atoms. The third-order valence-corrected chi connectivity index (χ3v) is 2.79. The fourth-order valence-electron chi connectivity index (χ4n) is 1.81. The van der Waals surface area contributed by atoms with Crippen molar-refractivity contribution < 1.29 is 0 Å². The summed E-state index contributed by atoms with van der Waals surface area (Å²) in [5.74, 6) is 1.89. The molecule has 0 aliphatic rings. The van der Waals surface area contributed by atoms with Crippen LogP contribution in [0.15, 0.2) is 0 Å². The Bertz CT molecular complexity index is 289. The summed E-state index contributed by atoms with van der Waals surface area (Å²) in [7, 11) is 2.03.